The molecular weight excluding hydrogens is 234 g/mol. The summed E-state index contributed by atoms with van der Waals surface area (Å²) < 4.78 is 4.73. The number of carbonyl (C=O) groups excluding carboxylic acids is 1. The Morgan fingerprint density at radius 1 is 1.44 bits per heavy atom. The molecule has 0 heterocycles. The monoisotopic (exact) mass is 249 g/mol. The van der Waals surface area contributed by atoms with E-state index in [0.29, 0.717) is 13.2 Å². The van der Waals surface area contributed by atoms with E-state index in [1.165, 1.54) is 6.08 Å². The van der Waals surface area contributed by atoms with Gasteiger partial charge in [0.2, 0.25) is 0 Å². The largest absolute Gasteiger partial charge is 0.478 e. The summed E-state index contributed by atoms with van der Waals surface area (Å²) in [6, 6.07) is 7.22. The average Bonchev–Trinajstić information content (AvgIpc) is 2.35. The Hall–Kier alpha value is -2.30. The van der Waals surface area contributed by atoms with Crippen molar-refractivity contribution in [2.45, 2.75) is 13.5 Å². The highest BCUT2D eigenvalue weighted by Gasteiger charge is 2.00. The smallest absolute Gasteiger partial charge is 0.407 e. The molecule has 1 rings (SSSR count). The minimum absolute atomic E-state index is 0.327. The summed E-state index contributed by atoms with van der Waals surface area (Å²) in [7, 11) is 0. The number of nitrogens with one attached hydrogen (secondary N) is 1. The first-order valence-electron chi connectivity index (χ1n) is 5.52. The zero-order valence-electron chi connectivity index (χ0n) is 10.1. The molecule has 0 unspecified atom stereocenters. The molecule has 0 saturated carbocycles. The molecule has 0 aliphatic carbocycles. The first-order chi connectivity index (χ1) is 8.61. The maximum Gasteiger partial charge on any atom is 0.407 e. The second kappa shape index (κ2) is 7.11. The quantitative estimate of drug-likeness (QED) is 0.783. The molecule has 0 aliphatic heterocycles. The molecule has 1 amide bonds. The van der Waals surface area contributed by atoms with Gasteiger partial charge in [0.05, 0.1) is 6.61 Å². The molecule has 0 bridgehead atoms. The minimum Gasteiger partial charge on any atom is -0.478 e. The summed E-state index contributed by atoms with van der Waals surface area (Å²) in [6.45, 7) is 2.40. The fraction of sp³-hybridized carbons (Fsp3) is 0.231. The molecule has 18 heavy (non-hydrogen) atoms. The molecular formula is C13H15NO4. The van der Waals surface area contributed by atoms with Gasteiger partial charge in [0.15, 0.2) is 0 Å². The van der Waals surface area contributed by atoms with Crippen LogP contribution in [0.4, 0.5) is 4.79 Å². The summed E-state index contributed by atoms with van der Waals surface area (Å²) in [5.41, 5.74) is 1.64. The van der Waals surface area contributed by atoms with E-state index in [4.69, 9.17) is 9.84 Å². The van der Waals surface area contributed by atoms with Crippen LogP contribution in [-0.2, 0) is 16.1 Å². The van der Waals surface area contributed by atoms with E-state index in [0.717, 1.165) is 17.2 Å². The van der Waals surface area contributed by atoms with Gasteiger partial charge in [-0.1, -0.05) is 18.2 Å². The van der Waals surface area contributed by atoms with Crippen LogP contribution in [0.1, 0.15) is 18.1 Å². The van der Waals surface area contributed by atoms with E-state index in [2.05, 4.69) is 5.32 Å². The van der Waals surface area contributed by atoms with Crippen molar-refractivity contribution in [3.8, 4) is 0 Å². The lowest BCUT2D eigenvalue weighted by Crippen LogP contribution is -2.23. The molecule has 0 spiro atoms. The van der Waals surface area contributed by atoms with Crippen LogP contribution in [0, 0.1) is 0 Å². The molecule has 5 heteroatoms. The standard InChI is InChI=1S/C13H15NO4/c1-2-18-13(17)14-9-11-5-3-4-10(8-11)6-7-12(15)16/h3-8H,2,9H2,1H3,(H,14,17)(H,15,16)/b7-6+. The fourth-order valence-electron chi connectivity index (χ4n) is 1.33. The molecule has 1 aromatic carbocycles. The number of hydrogen-bond donors (Lipinski definition) is 2. The van der Waals surface area contributed by atoms with Gasteiger partial charge in [0, 0.05) is 12.6 Å². The van der Waals surface area contributed by atoms with Gasteiger partial charge in [-0.3, -0.25) is 0 Å². The second-order valence-electron chi connectivity index (χ2n) is 3.49. The number of benzene rings is 1. The summed E-state index contributed by atoms with van der Waals surface area (Å²) in [4.78, 5) is 21.5. The first-order valence-corrected chi connectivity index (χ1v) is 5.52. The third-order valence-electron chi connectivity index (χ3n) is 2.08. The maximum atomic E-state index is 11.1. The van der Waals surface area contributed by atoms with Crippen molar-refractivity contribution in [2.75, 3.05) is 6.61 Å². The minimum atomic E-state index is -0.995. The number of hydrogen-bond acceptors (Lipinski definition) is 3. The van der Waals surface area contributed by atoms with Crippen molar-refractivity contribution in [2.24, 2.45) is 0 Å². The molecule has 0 saturated heterocycles. The van der Waals surface area contributed by atoms with Crippen LogP contribution < -0.4 is 5.32 Å². The Morgan fingerprint density at radius 2 is 2.22 bits per heavy atom. The van der Waals surface area contributed by atoms with Gasteiger partial charge in [0.25, 0.3) is 0 Å². The van der Waals surface area contributed by atoms with Crippen molar-refractivity contribution in [3.63, 3.8) is 0 Å². The van der Waals surface area contributed by atoms with Crippen molar-refractivity contribution >= 4 is 18.1 Å². The molecule has 2 N–H and O–H groups in total. The number of carboxylic acids is 1. The van der Waals surface area contributed by atoms with Crippen LogP contribution in [0.15, 0.2) is 30.3 Å². The van der Waals surface area contributed by atoms with Crippen molar-refractivity contribution < 1.29 is 19.4 Å². The van der Waals surface area contributed by atoms with E-state index in [9.17, 15) is 9.59 Å². The predicted molar refractivity (Wildman–Crippen MR) is 67.0 cm³/mol. The van der Waals surface area contributed by atoms with Gasteiger partial charge in [-0.25, -0.2) is 9.59 Å². The maximum absolute atomic E-state index is 11.1. The number of ether oxygens (including phenoxy) is 1. The van der Waals surface area contributed by atoms with Crippen molar-refractivity contribution in [3.05, 3.63) is 41.5 Å². The molecule has 96 valence electrons. The number of amides is 1. The van der Waals surface area contributed by atoms with Crippen LogP contribution >= 0.6 is 0 Å². The van der Waals surface area contributed by atoms with E-state index in [1.807, 2.05) is 6.07 Å². The lowest BCUT2D eigenvalue weighted by atomic mass is 10.1. The lowest BCUT2D eigenvalue weighted by Gasteiger charge is -2.05. The Labute approximate surface area is 105 Å². The van der Waals surface area contributed by atoms with Gasteiger partial charge < -0.3 is 15.2 Å². The molecule has 5 nitrogen and oxygen atoms in total. The SMILES string of the molecule is CCOC(=O)NCc1cccc(/C=C/C(=O)O)c1. The number of alkyl carbamates (subject to hydrolysis) is 1. The summed E-state index contributed by atoms with van der Waals surface area (Å²) in [5.74, 6) is -0.995. The van der Waals surface area contributed by atoms with Crippen LogP contribution in [0.2, 0.25) is 0 Å². The van der Waals surface area contributed by atoms with E-state index in [-0.39, 0.29) is 0 Å². The number of carbonyl (C=O) groups is 2. The van der Waals surface area contributed by atoms with E-state index >= 15 is 0 Å². The second-order valence-corrected chi connectivity index (χ2v) is 3.49. The van der Waals surface area contributed by atoms with Crippen LogP contribution in [0.25, 0.3) is 6.08 Å². The Morgan fingerprint density at radius 3 is 2.89 bits per heavy atom. The van der Waals surface area contributed by atoms with Gasteiger partial charge >= 0.3 is 12.1 Å². The van der Waals surface area contributed by atoms with Crippen molar-refractivity contribution in [1.29, 1.82) is 0 Å². The first kappa shape index (κ1) is 13.8. The van der Waals surface area contributed by atoms with Crippen molar-refractivity contribution in [1.82, 2.24) is 5.32 Å². The van der Waals surface area contributed by atoms with Gasteiger partial charge in [-0.15, -0.1) is 0 Å². The van der Waals surface area contributed by atoms with E-state index < -0.39 is 12.1 Å². The van der Waals surface area contributed by atoms with Crippen LogP contribution in [0.5, 0.6) is 0 Å². The normalized spacial score (nSPS) is 10.3. The topological polar surface area (TPSA) is 75.6 Å². The highest BCUT2D eigenvalue weighted by atomic mass is 16.5. The zero-order chi connectivity index (χ0) is 13.4. The van der Waals surface area contributed by atoms with Crippen LogP contribution in [-0.4, -0.2) is 23.8 Å². The molecule has 0 aliphatic rings. The molecule has 0 radical (unpaired) electrons. The fourth-order valence-corrected chi connectivity index (χ4v) is 1.33. The van der Waals surface area contributed by atoms with E-state index in [1.54, 1.807) is 25.1 Å². The summed E-state index contributed by atoms with van der Waals surface area (Å²) in [6.07, 6.45) is 2.10. The van der Waals surface area contributed by atoms with Crippen LogP contribution in [0.3, 0.4) is 0 Å². The van der Waals surface area contributed by atoms with Gasteiger partial charge in [-0.05, 0) is 30.2 Å². The average molecular weight is 249 g/mol. The Bertz CT molecular complexity index is 454. The molecule has 0 atom stereocenters. The zero-order valence-corrected chi connectivity index (χ0v) is 10.1. The number of aliphatic carboxylic acids is 1. The Kier molecular flexibility index (Phi) is 5.44. The number of rotatable bonds is 5. The third kappa shape index (κ3) is 5.16. The lowest BCUT2D eigenvalue weighted by molar-refractivity contribution is -0.131. The molecule has 0 aromatic heterocycles. The Balaban J connectivity index is 2.59. The highest BCUT2D eigenvalue weighted by molar-refractivity contribution is 5.85. The highest BCUT2D eigenvalue weighted by Crippen LogP contribution is 2.07. The van der Waals surface area contributed by atoms with Gasteiger partial charge in [-0.2, -0.15) is 0 Å². The van der Waals surface area contributed by atoms with Gasteiger partial charge in [0.1, 0.15) is 0 Å². The summed E-state index contributed by atoms with van der Waals surface area (Å²) >= 11 is 0. The molecule has 1 aromatic rings. The number of carboxylic acid groups (broad SMARTS) is 1. The predicted octanol–water partition coefficient (Wildman–Crippen LogP) is 2.03. The molecule has 0 fully saturated rings. The third-order valence-corrected chi connectivity index (χ3v) is 2.08. The summed E-state index contributed by atoms with van der Waals surface area (Å²) in [5, 5.41) is 11.1.